The summed E-state index contributed by atoms with van der Waals surface area (Å²) in [5, 5.41) is 6.80. The standard InChI is InChI=1S/C28H26N4O5S/c1-31-20-12-8-6-10-18(20)25(27(31)33)30-32-21(17-14-23(35-3)26(37-5)24(15-17)36-4)16-38-28(32)29-19-11-7-9-13-22(19)34-2/h6-16H,1-5H3. The largest absolute Gasteiger partial charge is 0.494 e. The van der Waals surface area contributed by atoms with Gasteiger partial charge in [0.2, 0.25) is 10.6 Å². The molecule has 0 N–H and O–H groups in total. The molecule has 10 heteroatoms. The second-order valence-corrected chi connectivity index (χ2v) is 9.08. The number of fused-ring (bicyclic) bond motifs is 1. The first-order chi connectivity index (χ1) is 18.5. The number of thiazole rings is 1. The fourth-order valence-electron chi connectivity index (χ4n) is 4.27. The minimum Gasteiger partial charge on any atom is -0.494 e. The highest BCUT2D eigenvalue weighted by Crippen LogP contribution is 2.41. The predicted octanol–water partition coefficient (Wildman–Crippen LogP) is 4.71. The van der Waals surface area contributed by atoms with Crippen molar-refractivity contribution in [3.63, 3.8) is 0 Å². The van der Waals surface area contributed by atoms with Crippen LogP contribution in [0.4, 0.5) is 11.4 Å². The minimum atomic E-state index is -0.205. The number of likely N-dealkylation sites (N-methyl/N-ethyl adjacent to an activating group) is 1. The Balaban J connectivity index is 1.79. The molecule has 2 heterocycles. The number of aromatic nitrogens is 1. The summed E-state index contributed by atoms with van der Waals surface area (Å²) in [5.41, 5.74) is 3.93. The summed E-state index contributed by atoms with van der Waals surface area (Å²) < 4.78 is 23.8. The Labute approximate surface area is 223 Å². The van der Waals surface area contributed by atoms with Crippen LogP contribution in [0, 0.1) is 0 Å². The first kappa shape index (κ1) is 25.1. The fraction of sp³-hybridized carbons (Fsp3) is 0.179. The van der Waals surface area contributed by atoms with Gasteiger partial charge in [-0.1, -0.05) is 30.3 Å². The molecule has 1 amide bonds. The van der Waals surface area contributed by atoms with Crippen LogP contribution in [0.15, 0.2) is 76.1 Å². The van der Waals surface area contributed by atoms with Crippen molar-refractivity contribution in [3.05, 3.63) is 76.4 Å². The number of ether oxygens (including phenoxy) is 4. The van der Waals surface area contributed by atoms with Gasteiger partial charge in [0.15, 0.2) is 17.2 Å². The third kappa shape index (κ3) is 4.28. The highest BCUT2D eigenvalue weighted by molar-refractivity contribution is 7.07. The highest BCUT2D eigenvalue weighted by atomic mass is 32.1. The third-order valence-corrected chi connectivity index (χ3v) is 6.99. The number of benzene rings is 3. The van der Waals surface area contributed by atoms with Gasteiger partial charge in [-0.15, -0.1) is 11.3 Å². The summed E-state index contributed by atoms with van der Waals surface area (Å²) in [7, 11) is 8.02. The molecule has 0 spiro atoms. The van der Waals surface area contributed by atoms with E-state index in [4.69, 9.17) is 29.0 Å². The van der Waals surface area contributed by atoms with Gasteiger partial charge in [-0.05, 0) is 30.3 Å². The van der Waals surface area contributed by atoms with Gasteiger partial charge in [0, 0.05) is 23.6 Å². The normalized spacial score (nSPS) is 14.1. The Kier molecular flexibility index (Phi) is 6.89. The Bertz CT molecular complexity index is 1600. The molecule has 194 valence electrons. The number of amides is 1. The van der Waals surface area contributed by atoms with Gasteiger partial charge in [0.05, 0.1) is 39.8 Å². The maximum absolute atomic E-state index is 13.3. The molecule has 9 nitrogen and oxygen atoms in total. The number of para-hydroxylation sites is 3. The monoisotopic (exact) mass is 530 g/mol. The molecule has 1 aromatic heterocycles. The Morgan fingerprint density at radius 3 is 2.16 bits per heavy atom. The molecule has 0 bridgehead atoms. The maximum atomic E-state index is 13.3. The van der Waals surface area contributed by atoms with E-state index in [-0.39, 0.29) is 5.91 Å². The molecule has 38 heavy (non-hydrogen) atoms. The molecule has 3 aromatic carbocycles. The second kappa shape index (κ2) is 10.4. The lowest BCUT2D eigenvalue weighted by atomic mass is 10.1. The molecule has 0 saturated heterocycles. The van der Waals surface area contributed by atoms with Gasteiger partial charge in [-0.25, -0.2) is 9.67 Å². The van der Waals surface area contributed by atoms with E-state index < -0.39 is 0 Å². The quantitative estimate of drug-likeness (QED) is 0.345. The average molecular weight is 531 g/mol. The molecule has 1 aliphatic rings. The van der Waals surface area contributed by atoms with E-state index in [0.29, 0.717) is 44.9 Å². The van der Waals surface area contributed by atoms with Crippen LogP contribution < -0.4 is 28.6 Å². The summed E-state index contributed by atoms with van der Waals surface area (Å²) in [6.07, 6.45) is 0. The molecule has 0 aliphatic carbocycles. The van der Waals surface area contributed by atoms with Crippen molar-refractivity contribution in [1.29, 1.82) is 0 Å². The van der Waals surface area contributed by atoms with Crippen LogP contribution in [0.2, 0.25) is 0 Å². The summed E-state index contributed by atoms with van der Waals surface area (Å²) in [5.74, 6) is 1.89. The molecule has 0 unspecified atom stereocenters. The fourth-order valence-corrected chi connectivity index (χ4v) is 5.12. The number of hydrogen-bond donors (Lipinski definition) is 0. The Hall–Kier alpha value is -4.57. The molecular formula is C28H26N4O5S. The number of carbonyl (C=O) groups is 1. The van der Waals surface area contributed by atoms with E-state index in [0.717, 1.165) is 16.8 Å². The SMILES string of the molecule is COc1ccccc1N=c1scc(-c2cc(OC)c(OC)c(OC)c2)n1N=C1C(=O)N(C)c2ccccc21. The van der Waals surface area contributed by atoms with E-state index in [1.54, 1.807) is 45.1 Å². The number of carbonyl (C=O) groups excluding carboxylic acids is 1. The summed E-state index contributed by atoms with van der Waals surface area (Å²) in [4.78, 5) is 20.3. The molecule has 0 fully saturated rings. The lowest BCUT2D eigenvalue weighted by Gasteiger charge is -2.14. The number of rotatable bonds is 7. The molecule has 1 aliphatic heterocycles. The maximum Gasteiger partial charge on any atom is 0.279 e. The first-order valence-electron chi connectivity index (χ1n) is 11.7. The average Bonchev–Trinajstić information content (AvgIpc) is 3.46. The smallest absolute Gasteiger partial charge is 0.279 e. The number of anilines is 1. The van der Waals surface area contributed by atoms with E-state index in [9.17, 15) is 4.79 Å². The van der Waals surface area contributed by atoms with Gasteiger partial charge >= 0.3 is 0 Å². The Morgan fingerprint density at radius 1 is 0.816 bits per heavy atom. The summed E-state index contributed by atoms with van der Waals surface area (Å²) >= 11 is 1.38. The predicted molar refractivity (Wildman–Crippen MR) is 147 cm³/mol. The van der Waals surface area contributed by atoms with Crippen molar-refractivity contribution < 1.29 is 23.7 Å². The van der Waals surface area contributed by atoms with E-state index >= 15 is 0 Å². The molecule has 4 aromatic rings. The first-order valence-corrected chi connectivity index (χ1v) is 12.5. The van der Waals surface area contributed by atoms with E-state index in [1.165, 1.54) is 11.3 Å². The van der Waals surface area contributed by atoms with Crippen LogP contribution in [-0.4, -0.2) is 51.8 Å². The van der Waals surface area contributed by atoms with Crippen LogP contribution >= 0.6 is 11.3 Å². The molecule has 0 atom stereocenters. The molecule has 0 saturated carbocycles. The van der Waals surface area contributed by atoms with E-state index in [2.05, 4.69) is 0 Å². The van der Waals surface area contributed by atoms with Crippen LogP contribution in [0.3, 0.4) is 0 Å². The van der Waals surface area contributed by atoms with Crippen molar-refractivity contribution in [3.8, 4) is 34.3 Å². The summed E-state index contributed by atoms with van der Waals surface area (Å²) in [6.45, 7) is 0. The zero-order chi connectivity index (χ0) is 26.8. The van der Waals surface area contributed by atoms with Crippen LogP contribution in [-0.2, 0) is 4.79 Å². The van der Waals surface area contributed by atoms with Gasteiger partial charge in [0.1, 0.15) is 11.4 Å². The van der Waals surface area contributed by atoms with Gasteiger partial charge in [0.25, 0.3) is 5.91 Å². The van der Waals surface area contributed by atoms with E-state index in [1.807, 2.05) is 66.0 Å². The number of nitrogens with zero attached hydrogens (tertiary/aromatic N) is 4. The number of hydrogen-bond acceptors (Lipinski definition) is 8. The van der Waals surface area contributed by atoms with Crippen LogP contribution in [0.25, 0.3) is 11.3 Å². The summed E-state index contributed by atoms with van der Waals surface area (Å²) in [6, 6.07) is 18.7. The Morgan fingerprint density at radius 2 is 1.47 bits per heavy atom. The lowest BCUT2D eigenvalue weighted by Crippen LogP contribution is -2.27. The topological polar surface area (TPSA) is 86.9 Å². The van der Waals surface area contributed by atoms with Gasteiger partial charge < -0.3 is 23.8 Å². The van der Waals surface area contributed by atoms with Crippen molar-refractivity contribution >= 4 is 34.3 Å². The molecule has 0 radical (unpaired) electrons. The zero-order valence-electron chi connectivity index (χ0n) is 21.6. The minimum absolute atomic E-state index is 0.205. The van der Waals surface area contributed by atoms with Gasteiger partial charge in [-0.3, -0.25) is 4.79 Å². The highest BCUT2D eigenvalue weighted by Gasteiger charge is 2.32. The second-order valence-electron chi connectivity index (χ2n) is 8.24. The van der Waals surface area contributed by atoms with Crippen molar-refractivity contribution in [2.45, 2.75) is 0 Å². The van der Waals surface area contributed by atoms with Crippen molar-refractivity contribution in [1.82, 2.24) is 4.68 Å². The van der Waals surface area contributed by atoms with Crippen molar-refractivity contribution in [2.24, 2.45) is 10.1 Å². The number of methoxy groups -OCH3 is 4. The molecular weight excluding hydrogens is 504 g/mol. The van der Waals surface area contributed by atoms with Gasteiger partial charge in [-0.2, -0.15) is 5.10 Å². The lowest BCUT2D eigenvalue weighted by molar-refractivity contribution is -0.112. The van der Waals surface area contributed by atoms with Crippen LogP contribution in [0.1, 0.15) is 5.56 Å². The van der Waals surface area contributed by atoms with Crippen molar-refractivity contribution in [2.75, 3.05) is 40.4 Å². The van der Waals surface area contributed by atoms with Crippen LogP contribution in [0.5, 0.6) is 23.0 Å². The molecule has 5 rings (SSSR count). The zero-order valence-corrected chi connectivity index (χ0v) is 22.4. The third-order valence-electron chi connectivity index (χ3n) is 6.17.